The van der Waals surface area contributed by atoms with E-state index in [1.807, 2.05) is 24.3 Å². The van der Waals surface area contributed by atoms with E-state index in [0.717, 1.165) is 24.3 Å². The Morgan fingerprint density at radius 2 is 1.55 bits per heavy atom. The summed E-state index contributed by atoms with van der Waals surface area (Å²) in [6.07, 6.45) is 1.43. The van der Waals surface area contributed by atoms with Crippen molar-refractivity contribution in [3.8, 4) is 5.75 Å². The average molecular weight is 439 g/mol. The van der Waals surface area contributed by atoms with E-state index in [1.165, 1.54) is 11.1 Å². The maximum absolute atomic E-state index is 13.1. The molecule has 3 aromatic carbocycles. The molecule has 4 nitrogen and oxygen atoms in total. The first-order valence-corrected chi connectivity index (χ1v) is 11.7. The number of carbonyl (C=O) groups is 1. The first kappa shape index (κ1) is 21.6. The number of fused-ring (bicyclic) bond motifs is 1. The molecule has 1 N–H and O–H groups in total. The lowest BCUT2D eigenvalue weighted by atomic mass is 9.56. The van der Waals surface area contributed by atoms with Crippen LogP contribution in [0.3, 0.4) is 0 Å². The van der Waals surface area contributed by atoms with Crippen molar-refractivity contribution in [2.24, 2.45) is 11.8 Å². The number of Topliss-reactive ketones (excluding diaryl/α,β-unsaturated/α-hetero) is 1. The number of ether oxygens (including phenoxy) is 1. The molecule has 1 saturated carbocycles. The molecule has 1 saturated heterocycles. The van der Waals surface area contributed by atoms with Crippen molar-refractivity contribution in [2.75, 3.05) is 26.7 Å². The molecule has 33 heavy (non-hydrogen) atoms. The van der Waals surface area contributed by atoms with Crippen LogP contribution < -0.4 is 4.74 Å². The predicted molar refractivity (Wildman–Crippen MR) is 131 cm³/mol. The van der Waals surface area contributed by atoms with Gasteiger partial charge in [0, 0.05) is 43.0 Å². The van der Waals surface area contributed by atoms with Gasteiger partial charge in [0.25, 0.3) is 0 Å². The van der Waals surface area contributed by atoms with Gasteiger partial charge in [-0.25, -0.2) is 0 Å². The van der Waals surface area contributed by atoms with Crippen LogP contribution in [0, 0.1) is 17.2 Å². The Morgan fingerprint density at radius 3 is 2.18 bits per heavy atom. The first-order chi connectivity index (χ1) is 16.1. The number of rotatable bonds is 6. The van der Waals surface area contributed by atoms with Crippen LogP contribution in [0.25, 0.3) is 0 Å². The molecule has 4 heteroatoms. The van der Waals surface area contributed by atoms with Crippen molar-refractivity contribution in [1.29, 1.82) is 5.41 Å². The fraction of sp³-hybridized carbons (Fsp3) is 0.310. The maximum Gasteiger partial charge on any atom is 0.137 e. The van der Waals surface area contributed by atoms with E-state index in [2.05, 4.69) is 65.6 Å². The zero-order valence-corrected chi connectivity index (χ0v) is 19.0. The zero-order chi connectivity index (χ0) is 22.8. The molecule has 3 aromatic rings. The Hall–Kier alpha value is -3.24. The number of likely N-dealkylation sites (tertiary alicyclic amines) is 1. The monoisotopic (exact) mass is 438 g/mol. The Morgan fingerprint density at radius 1 is 0.939 bits per heavy atom. The Bertz CT molecular complexity index is 1100. The highest BCUT2D eigenvalue weighted by Gasteiger charge is 2.54. The summed E-state index contributed by atoms with van der Waals surface area (Å²) in [7, 11) is 1.64. The highest BCUT2D eigenvalue weighted by molar-refractivity contribution is 6.02. The molecule has 1 heterocycles. The van der Waals surface area contributed by atoms with Gasteiger partial charge in [-0.2, -0.15) is 0 Å². The van der Waals surface area contributed by atoms with Crippen molar-refractivity contribution in [1.82, 2.24) is 4.90 Å². The van der Waals surface area contributed by atoms with Crippen LogP contribution in [0.5, 0.6) is 5.75 Å². The van der Waals surface area contributed by atoms with Crippen molar-refractivity contribution in [3.63, 3.8) is 0 Å². The van der Waals surface area contributed by atoms with E-state index in [1.54, 1.807) is 7.11 Å². The minimum atomic E-state index is -0.192. The second kappa shape index (κ2) is 8.95. The highest BCUT2D eigenvalue weighted by Crippen LogP contribution is 2.52. The molecule has 1 aliphatic heterocycles. The molecule has 0 amide bonds. The topological polar surface area (TPSA) is 53.4 Å². The van der Waals surface area contributed by atoms with Gasteiger partial charge >= 0.3 is 0 Å². The number of nitrogens with zero attached hydrogens (tertiary/aromatic N) is 1. The van der Waals surface area contributed by atoms with Crippen molar-refractivity contribution < 1.29 is 9.53 Å². The number of nitrogens with one attached hydrogen (secondary N) is 1. The first-order valence-electron chi connectivity index (χ1n) is 11.7. The van der Waals surface area contributed by atoms with Gasteiger partial charge < -0.3 is 10.1 Å². The zero-order valence-electron chi connectivity index (χ0n) is 19.0. The maximum atomic E-state index is 13.1. The molecule has 2 atom stereocenters. The molecule has 0 radical (unpaired) electrons. The van der Waals surface area contributed by atoms with E-state index in [9.17, 15) is 4.79 Å². The average Bonchev–Trinajstić information content (AvgIpc) is 3.30. The molecule has 2 fully saturated rings. The van der Waals surface area contributed by atoms with E-state index in [-0.39, 0.29) is 17.3 Å². The lowest BCUT2D eigenvalue weighted by molar-refractivity contribution is -0.126. The number of para-hydroxylation sites is 1. The fourth-order valence-corrected chi connectivity index (χ4v) is 6.09. The quantitative estimate of drug-likeness (QED) is 0.554. The van der Waals surface area contributed by atoms with Crippen LogP contribution in [0.2, 0.25) is 0 Å². The third-order valence-electron chi connectivity index (χ3n) is 7.60. The van der Waals surface area contributed by atoms with Gasteiger partial charge in [-0.05, 0) is 35.6 Å². The van der Waals surface area contributed by atoms with Crippen LogP contribution in [-0.4, -0.2) is 43.1 Å². The lowest BCUT2D eigenvalue weighted by Gasteiger charge is -2.46. The van der Waals surface area contributed by atoms with E-state index in [0.29, 0.717) is 31.0 Å². The number of methoxy groups -OCH3 is 1. The summed E-state index contributed by atoms with van der Waals surface area (Å²) in [6.45, 7) is 2.03. The van der Waals surface area contributed by atoms with Gasteiger partial charge in [0.1, 0.15) is 11.5 Å². The minimum Gasteiger partial charge on any atom is -0.496 e. The molecule has 5 rings (SSSR count). The van der Waals surface area contributed by atoms with Crippen LogP contribution in [0.4, 0.5) is 0 Å². The smallest absolute Gasteiger partial charge is 0.137 e. The van der Waals surface area contributed by atoms with Crippen LogP contribution in [-0.2, 0) is 10.2 Å². The third kappa shape index (κ3) is 3.79. The van der Waals surface area contributed by atoms with E-state index >= 15 is 0 Å². The Balaban J connectivity index is 1.49. The summed E-state index contributed by atoms with van der Waals surface area (Å²) in [6, 6.07) is 29.1. The molecule has 0 aromatic heterocycles. The largest absolute Gasteiger partial charge is 0.496 e. The summed E-state index contributed by atoms with van der Waals surface area (Å²) in [4.78, 5) is 15.4. The SMILES string of the molecule is COc1ccccc1C(=N)CN1C[C@@H]2C(=O)CCC(c3ccccc3)(c3ccccc3)[C@@H]2C1. The third-order valence-corrected chi connectivity index (χ3v) is 7.60. The Kier molecular flexibility index (Phi) is 5.86. The van der Waals surface area contributed by atoms with Crippen molar-refractivity contribution >= 4 is 11.5 Å². The number of hydrogen-bond acceptors (Lipinski definition) is 4. The number of carbonyl (C=O) groups excluding carboxylic acids is 1. The summed E-state index contributed by atoms with van der Waals surface area (Å²) in [5.41, 5.74) is 3.74. The standard InChI is InChI=1S/C29H30N2O2/c1-33-28-15-9-8-14-23(28)26(30)20-31-18-24-25(19-31)29(17-16-27(24)32,21-10-4-2-5-11-21)22-12-6-3-7-13-22/h2-15,24-25,30H,16-20H2,1H3/t24-,25+/m0/s1. The molecule has 0 unspecified atom stereocenters. The summed E-state index contributed by atoms with van der Waals surface area (Å²) in [5, 5.41) is 8.77. The summed E-state index contributed by atoms with van der Waals surface area (Å²) in [5.74, 6) is 1.27. The van der Waals surface area contributed by atoms with E-state index < -0.39 is 0 Å². The van der Waals surface area contributed by atoms with Crippen LogP contribution >= 0.6 is 0 Å². The number of benzene rings is 3. The lowest BCUT2D eigenvalue weighted by Crippen LogP contribution is -2.47. The van der Waals surface area contributed by atoms with Gasteiger partial charge in [-0.1, -0.05) is 72.8 Å². The molecule has 168 valence electrons. The van der Waals surface area contributed by atoms with Crippen LogP contribution in [0.15, 0.2) is 84.9 Å². The number of hydrogen-bond donors (Lipinski definition) is 1. The number of ketones is 1. The molecule has 0 bridgehead atoms. The summed E-state index contributed by atoms with van der Waals surface area (Å²) >= 11 is 0. The van der Waals surface area contributed by atoms with Gasteiger partial charge in [-0.3, -0.25) is 9.69 Å². The second-order valence-electron chi connectivity index (χ2n) is 9.26. The van der Waals surface area contributed by atoms with Gasteiger partial charge in [0.05, 0.1) is 12.8 Å². The fourth-order valence-electron chi connectivity index (χ4n) is 6.09. The predicted octanol–water partition coefficient (Wildman–Crippen LogP) is 4.96. The molecular formula is C29H30N2O2. The Labute approximate surface area is 195 Å². The molecule has 2 aliphatic rings. The van der Waals surface area contributed by atoms with Crippen LogP contribution in [0.1, 0.15) is 29.5 Å². The normalized spacial score (nSPS) is 22.0. The van der Waals surface area contributed by atoms with Gasteiger partial charge in [-0.15, -0.1) is 0 Å². The van der Waals surface area contributed by atoms with Gasteiger partial charge in [0.2, 0.25) is 0 Å². The molecule has 1 aliphatic carbocycles. The van der Waals surface area contributed by atoms with E-state index in [4.69, 9.17) is 10.1 Å². The van der Waals surface area contributed by atoms with Crippen molar-refractivity contribution in [3.05, 3.63) is 102 Å². The van der Waals surface area contributed by atoms with Gasteiger partial charge in [0.15, 0.2) is 0 Å². The summed E-state index contributed by atoms with van der Waals surface area (Å²) < 4.78 is 5.48. The molecular weight excluding hydrogens is 408 g/mol. The minimum absolute atomic E-state index is 0.00960. The highest BCUT2D eigenvalue weighted by atomic mass is 16.5. The molecule has 0 spiro atoms. The van der Waals surface area contributed by atoms with Crippen molar-refractivity contribution in [2.45, 2.75) is 18.3 Å². The second-order valence-corrected chi connectivity index (χ2v) is 9.26.